The average Bonchev–Trinajstić information content (AvgIpc) is 2.46. The van der Waals surface area contributed by atoms with Gasteiger partial charge >= 0.3 is 6.18 Å². The van der Waals surface area contributed by atoms with Crippen molar-refractivity contribution in [1.82, 2.24) is 10.2 Å². The summed E-state index contributed by atoms with van der Waals surface area (Å²) in [7, 11) is 0. The number of piperazine rings is 1. The molecular formula is C15H19ClF4N2. The number of benzene rings is 1. The van der Waals surface area contributed by atoms with Crippen LogP contribution in [0, 0.1) is 12.7 Å². The molecule has 0 aliphatic carbocycles. The Morgan fingerprint density at radius 3 is 2.50 bits per heavy atom. The van der Waals surface area contributed by atoms with Crippen molar-refractivity contribution in [2.45, 2.75) is 32.0 Å². The Labute approximate surface area is 132 Å². The molecule has 1 atom stereocenters. The number of nitrogens with zero attached hydrogens (tertiary/aromatic N) is 1. The molecule has 0 spiro atoms. The fourth-order valence-electron chi connectivity index (χ4n) is 2.79. The summed E-state index contributed by atoms with van der Waals surface area (Å²) in [5.41, 5.74) is 0.859. The lowest BCUT2D eigenvalue weighted by molar-refractivity contribution is -0.138. The van der Waals surface area contributed by atoms with Crippen LogP contribution in [0.5, 0.6) is 0 Å². The summed E-state index contributed by atoms with van der Waals surface area (Å²) in [6, 6.07) is 2.16. The highest BCUT2D eigenvalue weighted by Gasteiger charge is 2.33. The fourth-order valence-corrected chi connectivity index (χ4v) is 3.07. The smallest absolute Gasteiger partial charge is 0.314 e. The van der Waals surface area contributed by atoms with E-state index in [1.807, 2.05) is 4.90 Å². The van der Waals surface area contributed by atoms with E-state index in [4.69, 9.17) is 11.6 Å². The summed E-state index contributed by atoms with van der Waals surface area (Å²) in [6.45, 7) is 4.23. The summed E-state index contributed by atoms with van der Waals surface area (Å²) in [5.74, 6) is -0.540. The molecule has 22 heavy (non-hydrogen) atoms. The van der Waals surface area contributed by atoms with Crippen LogP contribution in [0.2, 0.25) is 5.02 Å². The third-order valence-corrected chi connectivity index (χ3v) is 4.45. The monoisotopic (exact) mass is 338 g/mol. The largest absolute Gasteiger partial charge is 0.389 e. The molecule has 1 aromatic carbocycles. The predicted octanol–water partition coefficient (Wildman–Crippen LogP) is 4.08. The molecule has 1 N–H and O–H groups in total. The molecule has 0 aromatic heterocycles. The van der Waals surface area contributed by atoms with Gasteiger partial charge in [0.1, 0.15) is 5.82 Å². The van der Waals surface area contributed by atoms with Crippen molar-refractivity contribution in [3.63, 3.8) is 0 Å². The lowest BCUT2D eigenvalue weighted by Crippen LogP contribution is -2.45. The molecule has 1 aromatic rings. The molecule has 2 rings (SSSR count). The van der Waals surface area contributed by atoms with Gasteiger partial charge in [0.05, 0.1) is 5.02 Å². The van der Waals surface area contributed by atoms with Crippen LogP contribution >= 0.6 is 11.6 Å². The molecular weight excluding hydrogens is 320 g/mol. The maximum Gasteiger partial charge on any atom is 0.389 e. The van der Waals surface area contributed by atoms with Gasteiger partial charge in [-0.05, 0) is 25.0 Å². The van der Waals surface area contributed by atoms with Gasteiger partial charge in [-0.3, -0.25) is 4.90 Å². The SMILES string of the molecule is Cc1ccc(F)c([C@H](CCC(F)(F)F)N2CCNCC2)c1Cl. The van der Waals surface area contributed by atoms with Gasteiger partial charge in [0.2, 0.25) is 0 Å². The van der Waals surface area contributed by atoms with Gasteiger partial charge in [0.15, 0.2) is 0 Å². The van der Waals surface area contributed by atoms with E-state index in [0.717, 1.165) is 0 Å². The highest BCUT2D eigenvalue weighted by atomic mass is 35.5. The van der Waals surface area contributed by atoms with Gasteiger partial charge in [-0.15, -0.1) is 0 Å². The van der Waals surface area contributed by atoms with E-state index in [0.29, 0.717) is 31.7 Å². The lowest BCUT2D eigenvalue weighted by Gasteiger charge is -2.36. The second-order valence-electron chi connectivity index (χ2n) is 5.55. The summed E-state index contributed by atoms with van der Waals surface area (Å²) >= 11 is 6.20. The Bertz CT molecular complexity index is 513. The standard InChI is InChI=1S/C15H19ClF4N2/c1-10-2-3-11(17)13(14(10)16)12(4-5-15(18,19)20)22-8-6-21-7-9-22/h2-3,12,21H,4-9H2,1H3/t12-/m0/s1. The van der Waals surface area contributed by atoms with Crippen molar-refractivity contribution in [3.05, 3.63) is 34.1 Å². The van der Waals surface area contributed by atoms with E-state index in [-0.39, 0.29) is 17.0 Å². The van der Waals surface area contributed by atoms with Gasteiger partial charge in [-0.2, -0.15) is 13.2 Å². The van der Waals surface area contributed by atoms with E-state index in [9.17, 15) is 17.6 Å². The van der Waals surface area contributed by atoms with E-state index < -0.39 is 24.5 Å². The normalized spacial score (nSPS) is 18.5. The minimum Gasteiger partial charge on any atom is -0.314 e. The van der Waals surface area contributed by atoms with Crippen LogP contribution in [0.15, 0.2) is 12.1 Å². The van der Waals surface area contributed by atoms with Gasteiger partial charge in [-0.1, -0.05) is 17.7 Å². The molecule has 7 heteroatoms. The summed E-state index contributed by atoms with van der Waals surface area (Å²) in [4.78, 5) is 1.88. The van der Waals surface area contributed by atoms with Crippen molar-refractivity contribution < 1.29 is 17.6 Å². The molecule has 1 saturated heterocycles. The first-order valence-corrected chi connectivity index (χ1v) is 7.63. The number of hydrogen-bond donors (Lipinski definition) is 1. The van der Waals surface area contributed by atoms with Crippen LogP contribution < -0.4 is 5.32 Å². The summed E-state index contributed by atoms with van der Waals surface area (Å²) in [6.07, 6.45) is -5.41. The zero-order valence-electron chi connectivity index (χ0n) is 12.3. The molecule has 0 unspecified atom stereocenters. The second-order valence-corrected chi connectivity index (χ2v) is 5.93. The third kappa shape index (κ3) is 4.33. The van der Waals surface area contributed by atoms with Gasteiger partial charge < -0.3 is 5.32 Å². The number of rotatable bonds is 4. The van der Waals surface area contributed by atoms with Crippen LogP contribution in [0.3, 0.4) is 0 Å². The number of alkyl halides is 3. The van der Waals surface area contributed by atoms with Crippen LogP contribution in [0.4, 0.5) is 17.6 Å². The van der Waals surface area contributed by atoms with E-state index in [1.165, 1.54) is 6.07 Å². The minimum absolute atomic E-state index is 0.188. The maximum atomic E-state index is 14.2. The zero-order chi connectivity index (χ0) is 16.3. The van der Waals surface area contributed by atoms with Crippen molar-refractivity contribution in [2.75, 3.05) is 26.2 Å². The first kappa shape index (κ1) is 17.5. The molecule has 0 amide bonds. The Kier molecular flexibility index (Phi) is 5.69. The van der Waals surface area contributed by atoms with E-state index in [2.05, 4.69) is 5.32 Å². The first-order chi connectivity index (χ1) is 10.3. The molecule has 0 bridgehead atoms. The maximum absolute atomic E-state index is 14.2. The Morgan fingerprint density at radius 1 is 1.27 bits per heavy atom. The molecule has 1 aliphatic heterocycles. The topological polar surface area (TPSA) is 15.3 Å². The molecule has 1 fully saturated rings. The molecule has 1 heterocycles. The quantitative estimate of drug-likeness (QED) is 0.832. The average molecular weight is 339 g/mol. The molecule has 124 valence electrons. The first-order valence-electron chi connectivity index (χ1n) is 7.25. The Morgan fingerprint density at radius 2 is 1.91 bits per heavy atom. The fraction of sp³-hybridized carbons (Fsp3) is 0.600. The molecule has 0 radical (unpaired) electrons. The second kappa shape index (κ2) is 7.15. The van der Waals surface area contributed by atoms with Crippen LogP contribution in [0.1, 0.15) is 30.0 Å². The van der Waals surface area contributed by atoms with Gasteiger partial charge in [0.25, 0.3) is 0 Å². The molecule has 2 nitrogen and oxygen atoms in total. The van der Waals surface area contributed by atoms with Crippen LogP contribution in [-0.4, -0.2) is 37.3 Å². The van der Waals surface area contributed by atoms with Crippen molar-refractivity contribution in [3.8, 4) is 0 Å². The van der Waals surface area contributed by atoms with Crippen LogP contribution in [0.25, 0.3) is 0 Å². The number of aryl methyl sites for hydroxylation is 1. The molecule has 1 aliphatic rings. The van der Waals surface area contributed by atoms with Gasteiger partial charge in [0, 0.05) is 44.2 Å². The molecule has 0 saturated carbocycles. The number of halogens is 5. The minimum atomic E-state index is -4.26. The Balaban J connectivity index is 2.32. The van der Waals surface area contributed by atoms with E-state index in [1.54, 1.807) is 13.0 Å². The number of nitrogens with one attached hydrogen (secondary N) is 1. The zero-order valence-corrected chi connectivity index (χ0v) is 13.1. The predicted molar refractivity (Wildman–Crippen MR) is 78.6 cm³/mol. The summed E-state index contributed by atoms with van der Waals surface area (Å²) in [5, 5.41) is 3.37. The van der Waals surface area contributed by atoms with Gasteiger partial charge in [-0.25, -0.2) is 4.39 Å². The highest BCUT2D eigenvalue weighted by molar-refractivity contribution is 6.32. The van der Waals surface area contributed by atoms with Crippen molar-refractivity contribution in [1.29, 1.82) is 0 Å². The lowest BCUT2D eigenvalue weighted by atomic mass is 9.97. The number of hydrogen-bond acceptors (Lipinski definition) is 2. The van der Waals surface area contributed by atoms with Crippen LogP contribution in [-0.2, 0) is 0 Å². The summed E-state index contributed by atoms with van der Waals surface area (Å²) < 4.78 is 52.1. The van der Waals surface area contributed by atoms with Crippen molar-refractivity contribution in [2.24, 2.45) is 0 Å². The third-order valence-electron chi connectivity index (χ3n) is 3.95. The van der Waals surface area contributed by atoms with E-state index >= 15 is 0 Å². The Hall–Kier alpha value is -0.850. The van der Waals surface area contributed by atoms with Crippen molar-refractivity contribution >= 4 is 11.6 Å². The highest BCUT2D eigenvalue weighted by Crippen LogP contribution is 2.37.